The molecule has 0 saturated heterocycles. The molecule has 0 amide bonds. The Morgan fingerprint density at radius 2 is 1.62 bits per heavy atom. The topological polar surface area (TPSA) is 38.7 Å². The van der Waals surface area contributed by atoms with Gasteiger partial charge in [0.05, 0.1) is 0 Å². The molecule has 1 aliphatic rings. The first-order chi connectivity index (χ1) is 10.3. The number of aromatic hydroxyl groups is 1. The van der Waals surface area contributed by atoms with Crippen molar-refractivity contribution in [1.29, 1.82) is 0 Å². The van der Waals surface area contributed by atoms with Crippen molar-refractivity contribution < 1.29 is 14.6 Å². The van der Waals surface area contributed by atoms with E-state index in [2.05, 4.69) is 11.4 Å². The van der Waals surface area contributed by atoms with Gasteiger partial charge in [0.1, 0.15) is 5.75 Å². The molecule has 104 valence electrons. The zero-order chi connectivity index (χ0) is 14.2. The van der Waals surface area contributed by atoms with Crippen LogP contribution in [0.4, 0.5) is 0 Å². The van der Waals surface area contributed by atoms with Crippen LogP contribution in [0, 0.1) is 0 Å². The third kappa shape index (κ3) is 2.23. The molecule has 0 radical (unpaired) electrons. The van der Waals surface area contributed by atoms with E-state index in [0.29, 0.717) is 0 Å². The van der Waals surface area contributed by atoms with Gasteiger partial charge in [-0.05, 0) is 69.4 Å². The zero-order valence-electron chi connectivity index (χ0n) is 11.1. The largest absolute Gasteiger partial charge is 0.508 e. The molecule has 0 fully saturated rings. The van der Waals surface area contributed by atoms with Gasteiger partial charge in [0.15, 0.2) is 11.5 Å². The maximum absolute atomic E-state index is 9.99. The van der Waals surface area contributed by atoms with Crippen LogP contribution in [-0.2, 0) is 0 Å². The highest BCUT2D eigenvalue weighted by Gasteiger charge is 2.14. The van der Waals surface area contributed by atoms with Crippen LogP contribution in [0.5, 0.6) is 17.2 Å². The molecule has 4 heteroatoms. The Bertz CT molecular complexity index is 794. The summed E-state index contributed by atoms with van der Waals surface area (Å²) >= 11 is 1.64. The van der Waals surface area contributed by atoms with E-state index in [1.165, 1.54) is 0 Å². The van der Waals surface area contributed by atoms with Crippen LogP contribution in [0.1, 0.15) is 0 Å². The SMILES string of the molecule is Oc1cc(-c2ccsc2)cc(-c2ccc3c(c2)OCO3)c1. The smallest absolute Gasteiger partial charge is 0.231 e. The van der Waals surface area contributed by atoms with Crippen molar-refractivity contribution in [3.8, 4) is 39.5 Å². The van der Waals surface area contributed by atoms with E-state index < -0.39 is 0 Å². The standard InChI is InChI=1S/C17H12O3S/c18-15-6-13(5-14(7-15)12-3-4-21-9-12)11-1-2-16-17(8-11)20-10-19-16/h1-9,18H,10H2. The number of thiophene rings is 1. The Kier molecular flexibility index (Phi) is 2.82. The molecule has 0 spiro atoms. The molecule has 2 heterocycles. The summed E-state index contributed by atoms with van der Waals surface area (Å²) in [5.41, 5.74) is 4.06. The summed E-state index contributed by atoms with van der Waals surface area (Å²) in [7, 11) is 0. The van der Waals surface area contributed by atoms with E-state index in [1.807, 2.05) is 29.6 Å². The molecule has 0 unspecified atom stereocenters. The Morgan fingerprint density at radius 1 is 0.810 bits per heavy atom. The van der Waals surface area contributed by atoms with Gasteiger partial charge in [0.2, 0.25) is 6.79 Å². The first kappa shape index (κ1) is 12.3. The minimum absolute atomic E-state index is 0.256. The van der Waals surface area contributed by atoms with Crippen LogP contribution in [0.25, 0.3) is 22.3 Å². The van der Waals surface area contributed by atoms with Gasteiger partial charge in [-0.3, -0.25) is 0 Å². The number of ether oxygens (including phenoxy) is 2. The van der Waals surface area contributed by atoms with Crippen molar-refractivity contribution in [2.45, 2.75) is 0 Å². The zero-order valence-corrected chi connectivity index (χ0v) is 11.9. The Labute approximate surface area is 126 Å². The molecule has 1 N–H and O–H groups in total. The maximum Gasteiger partial charge on any atom is 0.231 e. The molecule has 3 nitrogen and oxygen atoms in total. The summed E-state index contributed by atoms with van der Waals surface area (Å²) in [4.78, 5) is 0. The summed E-state index contributed by atoms with van der Waals surface area (Å²) in [5.74, 6) is 1.76. The molecule has 1 aromatic heterocycles. The summed E-state index contributed by atoms with van der Waals surface area (Å²) in [6.07, 6.45) is 0. The lowest BCUT2D eigenvalue weighted by atomic mass is 9.99. The quantitative estimate of drug-likeness (QED) is 0.756. The van der Waals surface area contributed by atoms with Crippen LogP contribution in [0.3, 0.4) is 0 Å². The van der Waals surface area contributed by atoms with Crippen molar-refractivity contribution in [2.24, 2.45) is 0 Å². The fourth-order valence-corrected chi connectivity index (χ4v) is 3.11. The van der Waals surface area contributed by atoms with E-state index in [4.69, 9.17) is 9.47 Å². The second kappa shape index (κ2) is 4.82. The van der Waals surface area contributed by atoms with Gasteiger partial charge >= 0.3 is 0 Å². The Balaban J connectivity index is 1.81. The van der Waals surface area contributed by atoms with Gasteiger partial charge in [-0.15, -0.1) is 0 Å². The number of phenolic OH excluding ortho intramolecular Hbond substituents is 1. The number of hydrogen-bond donors (Lipinski definition) is 1. The molecule has 0 aliphatic carbocycles. The Hall–Kier alpha value is -2.46. The van der Waals surface area contributed by atoms with Crippen LogP contribution in [0.2, 0.25) is 0 Å². The summed E-state index contributed by atoms with van der Waals surface area (Å²) in [6, 6.07) is 13.5. The first-order valence-corrected chi connectivity index (χ1v) is 7.50. The second-order valence-corrected chi connectivity index (χ2v) is 5.63. The highest BCUT2D eigenvalue weighted by Crippen LogP contribution is 2.38. The highest BCUT2D eigenvalue weighted by atomic mass is 32.1. The lowest BCUT2D eigenvalue weighted by Gasteiger charge is -2.07. The molecule has 0 bridgehead atoms. The van der Waals surface area contributed by atoms with Crippen LogP contribution in [-0.4, -0.2) is 11.9 Å². The predicted octanol–water partition coefficient (Wildman–Crippen LogP) is 4.52. The summed E-state index contributed by atoms with van der Waals surface area (Å²) in [6.45, 7) is 0.263. The minimum atomic E-state index is 0.256. The average Bonchev–Trinajstić information content (AvgIpc) is 3.17. The van der Waals surface area contributed by atoms with Gasteiger partial charge in [-0.2, -0.15) is 11.3 Å². The number of benzene rings is 2. The van der Waals surface area contributed by atoms with Crippen LogP contribution < -0.4 is 9.47 Å². The van der Waals surface area contributed by atoms with E-state index in [0.717, 1.165) is 33.8 Å². The fourth-order valence-electron chi connectivity index (χ4n) is 2.45. The number of hydrogen-bond acceptors (Lipinski definition) is 4. The normalized spacial score (nSPS) is 12.6. The van der Waals surface area contributed by atoms with E-state index in [9.17, 15) is 5.11 Å². The highest BCUT2D eigenvalue weighted by molar-refractivity contribution is 7.08. The van der Waals surface area contributed by atoms with Gasteiger partial charge in [-0.25, -0.2) is 0 Å². The maximum atomic E-state index is 9.99. The number of rotatable bonds is 2. The molecule has 3 aromatic rings. The lowest BCUT2D eigenvalue weighted by Crippen LogP contribution is -1.92. The van der Waals surface area contributed by atoms with Crippen molar-refractivity contribution in [1.82, 2.24) is 0 Å². The summed E-state index contributed by atoms with van der Waals surface area (Å²) < 4.78 is 10.7. The number of phenols is 1. The van der Waals surface area contributed by atoms with E-state index in [1.54, 1.807) is 23.5 Å². The third-order valence-corrected chi connectivity index (χ3v) is 4.16. The fraction of sp³-hybridized carbons (Fsp3) is 0.0588. The molecule has 2 aromatic carbocycles. The average molecular weight is 296 g/mol. The molecule has 0 saturated carbocycles. The third-order valence-electron chi connectivity index (χ3n) is 3.48. The summed E-state index contributed by atoms with van der Waals surface area (Å²) in [5, 5.41) is 14.1. The molecule has 4 rings (SSSR count). The first-order valence-electron chi connectivity index (χ1n) is 6.56. The van der Waals surface area contributed by atoms with Gasteiger partial charge in [0, 0.05) is 0 Å². The second-order valence-electron chi connectivity index (χ2n) is 4.85. The van der Waals surface area contributed by atoms with Crippen LogP contribution >= 0.6 is 11.3 Å². The molecule has 0 atom stereocenters. The molecule has 1 aliphatic heterocycles. The van der Waals surface area contributed by atoms with Crippen molar-refractivity contribution in [3.05, 3.63) is 53.2 Å². The van der Waals surface area contributed by atoms with E-state index >= 15 is 0 Å². The van der Waals surface area contributed by atoms with E-state index in [-0.39, 0.29) is 12.5 Å². The van der Waals surface area contributed by atoms with Crippen molar-refractivity contribution >= 4 is 11.3 Å². The van der Waals surface area contributed by atoms with Gasteiger partial charge in [0.25, 0.3) is 0 Å². The van der Waals surface area contributed by atoms with Crippen molar-refractivity contribution in [2.75, 3.05) is 6.79 Å². The van der Waals surface area contributed by atoms with Gasteiger partial charge < -0.3 is 14.6 Å². The molecule has 21 heavy (non-hydrogen) atoms. The molecular weight excluding hydrogens is 284 g/mol. The Morgan fingerprint density at radius 3 is 2.43 bits per heavy atom. The van der Waals surface area contributed by atoms with Crippen LogP contribution in [0.15, 0.2) is 53.2 Å². The van der Waals surface area contributed by atoms with Gasteiger partial charge in [-0.1, -0.05) is 6.07 Å². The predicted molar refractivity (Wildman–Crippen MR) is 83.0 cm³/mol. The minimum Gasteiger partial charge on any atom is -0.508 e. The molecular formula is C17H12O3S. The lowest BCUT2D eigenvalue weighted by molar-refractivity contribution is 0.174. The van der Waals surface area contributed by atoms with Crippen molar-refractivity contribution in [3.63, 3.8) is 0 Å². The number of fused-ring (bicyclic) bond motifs is 1. The monoisotopic (exact) mass is 296 g/mol.